The van der Waals surface area contributed by atoms with Gasteiger partial charge < -0.3 is 15.4 Å². The number of anilines is 1. The highest BCUT2D eigenvalue weighted by molar-refractivity contribution is 5.95. The van der Waals surface area contributed by atoms with Gasteiger partial charge in [0, 0.05) is 13.0 Å². The number of rotatable bonds is 3. The van der Waals surface area contributed by atoms with E-state index >= 15 is 0 Å². The second kappa shape index (κ2) is 5.53. The molecule has 2 rings (SSSR count). The van der Waals surface area contributed by atoms with Crippen molar-refractivity contribution in [2.45, 2.75) is 33.7 Å². The van der Waals surface area contributed by atoms with Gasteiger partial charge in [0.1, 0.15) is 5.75 Å². The van der Waals surface area contributed by atoms with E-state index in [9.17, 15) is 9.59 Å². The SMILES string of the molecule is CC(C)(C)CC(=O)NCc1ccc2c(c1)OCC(=O)N2. The molecule has 2 amide bonds. The number of carbonyl (C=O) groups is 2. The maximum atomic E-state index is 11.8. The number of nitrogens with one attached hydrogen (secondary N) is 2. The molecule has 1 heterocycles. The highest BCUT2D eigenvalue weighted by Gasteiger charge is 2.17. The van der Waals surface area contributed by atoms with E-state index in [2.05, 4.69) is 10.6 Å². The van der Waals surface area contributed by atoms with Crippen molar-refractivity contribution in [3.8, 4) is 5.75 Å². The van der Waals surface area contributed by atoms with Gasteiger partial charge in [-0.1, -0.05) is 26.8 Å². The molecule has 20 heavy (non-hydrogen) atoms. The smallest absolute Gasteiger partial charge is 0.262 e. The largest absolute Gasteiger partial charge is 0.482 e. The molecule has 0 saturated carbocycles. The fraction of sp³-hybridized carbons (Fsp3) is 0.467. The van der Waals surface area contributed by atoms with Crippen molar-refractivity contribution in [1.29, 1.82) is 0 Å². The Morgan fingerprint density at radius 3 is 2.85 bits per heavy atom. The van der Waals surface area contributed by atoms with Gasteiger partial charge in [-0.25, -0.2) is 0 Å². The molecule has 5 heteroatoms. The Balaban J connectivity index is 1.94. The van der Waals surface area contributed by atoms with E-state index in [0.717, 1.165) is 5.56 Å². The summed E-state index contributed by atoms with van der Waals surface area (Å²) in [6.07, 6.45) is 0.491. The fourth-order valence-corrected chi connectivity index (χ4v) is 1.97. The van der Waals surface area contributed by atoms with Crippen LogP contribution in [0.3, 0.4) is 0 Å². The highest BCUT2D eigenvalue weighted by atomic mass is 16.5. The quantitative estimate of drug-likeness (QED) is 0.888. The van der Waals surface area contributed by atoms with Gasteiger partial charge in [-0.05, 0) is 23.1 Å². The Bertz CT molecular complexity index is 532. The summed E-state index contributed by atoms with van der Waals surface area (Å²) in [7, 11) is 0. The van der Waals surface area contributed by atoms with Crippen LogP contribution in [-0.2, 0) is 16.1 Å². The van der Waals surface area contributed by atoms with Crippen LogP contribution in [0, 0.1) is 5.41 Å². The molecule has 0 aromatic heterocycles. The van der Waals surface area contributed by atoms with Gasteiger partial charge >= 0.3 is 0 Å². The summed E-state index contributed by atoms with van der Waals surface area (Å²) in [4.78, 5) is 22.9. The maximum absolute atomic E-state index is 11.8. The maximum Gasteiger partial charge on any atom is 0.262 e. The van der Waals surface area contributed by atoms with Crippen LogP contribution in [0.4, 0.5) is 5.69 Å². The average Bonchev–Trinajstić information content (AvgIpc) is 2.34. The van der Waals surface area contributed by atoms with Gasteiger partial charge in [0.15, 0.2) is 6.61 Å². The van der Waals surface area contributed by atoms with Crippen molar-refractivity contribution >= 4 is 17.5 Å². The lowest BCUT2D eigenvalue weighted by atomic mass is 9.92. The zero-order valence-corrected chi connectivity index (χ0v) is 12.1. The van der Waals surface area contributed by atoms with Crippen molar-refractivity contribution in [3.63, 3.8) is 0 Å². The Morgan fingerprint density at radius 2 is 2.15 bits per heavy atom. The molecule has 0 bridgehead atoms. The van der Waals surface area contributed by atoms with Gasteiger partial charge in [0.05, 0.1) is 5.69 Å². The standard InChI is InChI=1S/C15H20N2O3/c1-15(2,3)7-13(18)16-8-10-4-5-11-12(6-10)20-9-14(19)17-11/h4-6H,7-9H2,1-3H3,(H,16,18)(H,17,19). The molecule has 0 spiro atoms. The van der Waals surface area contributed by atoms with Gasteiger partial charge in [0.25, 0.3) is 5.91 Å². The highest BCUT2D eigenvalue weighted by Crippen LogP contribution is 2.28. The predicted octanol–water partition coefficient (Wildman–Crippen LogP) is 2.07. The Morgan fingerprint density at radius 1 is 1.40 bits per heavy atom. The third kappa shape index (κ3) is 3.98. The van der Waals surface area contributed by atoms with E-state index in [1.165, 1.54) is 0 Å². The number of hydrogen-bond donors (Lipinski definition) is 2. The summed E-state index contributed by atoms with van der Waals surface area (Å²) in [6, 6.07) is 5.49. The average molecular weight is 276 g/mol. The van der Waals surface area contributed by atoms with E-state index in [-0.39, 0.29) is 23.8 Å². The molecule has 2 N–H and O–H groups in total. The molecule has 0 aliphatic carbocycles. The molecule has 0 atom stereocenters. The first-order valence-electron chi connectivity index (χ1n) is 6.66. The minimum Gasteiger partial charge on any atom is -0.482 e. The van der Waals surface area contributed by atoms with Crippen molar-refractivity contribution in [1.82, 2.24) is 5.32 Å². The molecule has 0 unspecified atom stereocenters. The number of carbonyl (C=O) groups excluding carboxylic acids is 2. The third-order valence-corrected chi connectivity index (χ3v) is 2.86. The molecular formula is C15H20N2O3. The minimum absolute atomic E-state index is 0.0205. The molecule has 108 valence electrons. The lowest BCUT2D eigenvalue weighted by Gasteiger charge is -2.19. The lowest BCUT2D eigenvalue weighted by molar-refractivity contribution is -0.123. The first-order chi connectivity index (χ1) is 9.33. The molecule has 0 radical (unpaired) electrons. The molecule has 0 fully saturated rings. The minimum atomic E-state index is -0.149. The van der Waals surface area contributed by atoms with E-state index < -0.39 is 0 Å². The molecule has 1 aliphatic heterocycles. The normalized spacial score (nSPS) is 14.1. The third-order valence-electron chi connectivity index (χ3n) is 2.86. The number of ether oxygens (including phenoxy) is 1. The summed E-state index contributed by atoms with van der Waals surface area (Å²) in [6.45, 7) is 6.58. The van der Waals surface area contributed by atoms with Gasteiger partial charge in [-0.2, -0.15) is 0 Å². The van der Waals surface area contributed by atoms with Crippen LogP contribution in [-0.4, -0.2) is 18.4 Å². The number of amides is 2. The molecule has 0 saturated heterocycles. The van der Waals surface area contributed by atoms with E-state index in [1.807, 2.05) is 32.9 Å². The molecule has 1 aromatic carbocycles. The predicted molar refractivity (Wildman–Crippen MR) is 76.5 cm³/mol. The van der Waals surface area contributed by atoms with E-state index in [0.29, 0.717) is 24.4 Å². The zero-order valence-electron chi connectivity index (χ0n) is 12.1. The van der Waals surface area contributed by atoms with Crippen LogP contribution in [0.2, 0.25) is 0 Å². The van der Waals surface area contributed by atoms with Crippen LogP contribution in [0.5, 0.6) is 5.75 Å². The second-order valence-corrected chi connectivity index (χ2v) is 6.18. The van der Waals surface area contributed by atoms with Crippen LogP contribution in [0.1, 0.15) is 32.8 Å². The van der Waals surface area contributed by atoms with Crippen molar-refractivity contribution in [3.05, 3.63) is 23.8 Å². The summed E-state index contributed by atoms with van der Waals surface area (Å²) in [5.41, 5.74) is 1.60. The molecule has 1 aromatic rings. The second-order valence-electron chi connectivity index (χ2n) is 6.18. The topological polar surface area (TPSA) is 67.4 Å². The van der Waals surface area contributed by atoms with Crippen LogP contribution in [0.25, 0.3) is 0 Å². The molecular weight excluding hydrogens is 256 g/mol. The Kier molecular flexibility index (Phi) is 3.97. The van der Waals surface area contributed by atoms with Crippen molar-refractivity contribution in [2.75, 3.05) is 11.9 Å². The zero-order chi connectivity index (χ0) is 14.8. The van der Waals surface area contributed by atoms with E-state index in [1.54, 1.807) is 6.07 Å². The van der Waals surface area contributed by atoms with E-state index in [4.69, 9.17) is 4.74 Å². The monoisotopic (exact) mass is 276 g/mol. The number of hydrogen-bond acceptors (Lipinski definition) is 3. The van der Waals surface area contributed by atoms with Crippen LogP contribution in [0.15, 0.2) is 18.2 Å². The van der Waals surface area contributed by atoms with Crippen molar-refractivity contribution in [2.24, 2.45) is 5.41 Å². The first-order valence-corrected chi connectivity index (χ1v) is 6.66. The molecule has 1 aliphatic rings. The summed E-state index contributed by atoms with van der Waals surface area (Å²) >= 11 is 0. The van der Waals surface area contributed by atoms with Crippen LogP contribution < -0.4 is 15.4 Å². The summed E-state index contributed by atoms with van der Waals surface area (Å²) in [5.74, 6) is 0.528. The van der Waals surface area contributed by atoms with Gasteiger partial charge in [-0.15, -0.1) is 0 Å². The fourth-order valence-electron chi connectivity index (χ4n) is 1.97. The van der Waals surface area contributed by atoms with Gasteiger partial charge in [0.2, 0.25) is 5.91 Å². The van der Waals surface area contributed by atoms with Crippen LogP contribution >= 0.6 is 0 Å². The Hall–Kier alpha value is -2.04. The molecule has 5 nitrogen and oxygen atoms in total. The van der Waals surface area contributed by atoms with Gasteiger partial charge in [-0.3, -0.25) is 9.59 Å². The first kappa shape index (κ1) is 14.4. The number of fused-ring (bicyclic) bond motifs is 1. The van der Waals surface area contributed by atoms with Crippen molar-refractivity contribution < 1.29 is 14.3 Å². The summed E-state index contributed by atoms with van der Waals surface area (Å²) < 4.78 is 5.34. The number of benzene rings is 1. The summed E-state index contributed by atoms with van der Waals surface area (Å²) in [5, 5.41) is 5.62. The Labute approximate surface area is 118 Å². The lowest BCUT2D eigenvalue weighted by Crippen LogP contribution is -2.27.